The summed E-state index contributed by atoms with van der Waals surface area (Å²) in [6.45, 7) is 1.80. The SMILES string of the molecule is CNC1CN(c2ccccc2F)C1. The molecule has 2 rings (SSSR count). The number of rotatable bonds is 2. The maximum atomic E-state index is 13.2. The Labute approximate surface area is 77.4 Å². The summed E-state index contributed by atoms with van der Waals surface area (Å²) in [6.07, 6.45) is 0. The van der Waals surface area contributed by atoms with Gasteiger partial charge in [-0.15, -0.1) is 0 Å². The Morgan fingerprint density at radius 3 is 2.69 bits per heavy atom. The fraction of sp³-hybridized carbons (Fsp3) is 0.400. The molecular weight excluding hydrogens is 167 g/mol. The van der Waals surface area contributed by atoms with Crippen LogP contribution < -0.4 is 10.2 Å². The largest absolute Gasteiger partial charge is 0.366 e. The minimum Gasteiger partial charge on any atom is -0.366 e. The van der Waals surface area contributed by atoms with E-state index in [0.717, 1.165) is 13.1 Å². The van der Waals surface area contributed by atoms with Gasteiger partial charge in [-0.05, 0) is 19.2 Å². The van der Waals surface area contributed by atoms with Gasteiger partial charge in [0.2, 0.25) is 0 Å². The third-order valence-electron chi connectivity index (χ3n) is 2.48. The second-order valence-corrected chi connectivity index (χ2v) is 3.34. The number of likely N-dealkylation sites (N-methyl/N-ethyl adjacent to an activating group) is 1. The highest BCUT2D eigenvalue weighted by molar-refractivity contribution is 5.50. The van der Waals surface area contributed by atoms with Crippen LogP contribution in [0.5, 0.6) is 0 Å². The first-order valence-electron chi connectivity index (χ1n) is 4.48. The molecule has 70 valence electrons. The highest BCUT2D eigenvalue weighted by Gasteiger charge is 2.26. The highest BCUT2D eigenvalue weighted by Crippen LogP contribution is 2.23. The van der Waals surface area contributed by atoms with E-state index in [9.17, 15) is 4.39 Å². The highest BCUT2D eigenvalue weighted by atomic mass is 19.1. The monoisotopic (exact) mass is 180 g/mol. The molecule has 0 aliphatic carbocycles. The van der Waals surface area contributed by atoms with E-state index >= 15 is 0 Å². The molecule has 0 bridgehead atoms. The fourth-order valence-corrected chi connectivity index (χ4v) is 1.57. The number of benzene rings is 1. The summed E-state index contributed by atoms with van der Waals surface area (Å²) >= 11 is 0. The Kier molecular flexibility index (Phi) is 2.19. The second-order valence-electron chi connectivity index (χ2n) is 3.34. The average Bonchev–Trinajstić information content (AvgIpc) is 2.06. The van der Waals surface area contributed by atoms with Crippen molar-refractivity contribution in [2.24, 2.45) is 0 Å². The van der Waals surface area contributed by atoms with E-state index < -0.39 is 0 Å². The van der Waals surface area contributed by atoms with E-state index in [1.54, 1.807) is 6.07 Å². The number of hydrogen-bond acceptors (Lipinski definition) is 2. The Morgan fingerprint density at radius 2 is 2.08 bits per heavy atom. The zero-order valence-corrected chi connectivity index (χ0v) is 7.63. The molecule has 0 radical (unpaired) electrons. The molecule has 0 aromatic heterocycles. The molecule has 1 aromatic rings. The van der Waals surface area contributed by atoms with Crippen LogP contribution in [-0.4, -0.2) is 26.2 Å². The molecule has 0 saturated carbocycles. The summed E-state index contributed by atoms with van der Waals surface area (Å²) < 4.78 is 13.2. The first-order valence-corrected chi connectivity index (χ1v) is 4.48. The normalized spacial score (nSPS) is 17.2. The molecule has 0 unspecified atom stereocenters. The van der Waals surface area contributed by atoms with Crippen LogP contribution in [-0.2, 0) is 0 Å². The topological polar surface area (TPSA) is 15.3 Å². The predicted octanol–water partition coefficient (Wildman–Crippen LogP) is 1.23. The first-order chi connectivity index (χ1) is 6.31. The lowest BCUT2D eigenvalue weighted by Gasteiger charge is -2.40. The zero-order chi connectivity index (χ0) is 9.26. The van der Waals surface area contributed by atoms with Crippen LogP contribution in [0.15, 0.2) is 24.3 Å². The molecule has 1 N–H and O–H groups in total. The minimum atomic E-state index is -0.128. The molecule has 1 heterocycles. The Hall–Kier alpha value is -1.09. The summed E-state index contributed by atoms with van der Waals surface area (Å²) in [5.74, 6) is -0.128. The van der Waals surface area contributed by atoms with Crippen molar-refractivity contribution < 1.29 is 4.39 Å². The molecule has 2 nitrogen and oxygen atoms in total. The molecule has 0 atom stereocenters. The van der Waals surface area contributed by atoms with E-state index in [-0.39, 0.29) is 5.82 Å². The van der Waals surface area contributed by atoms with Gasteiger partial charge in [-0.1, -0.05) is 12.1 Å². The molecular formula is C10H13FN2. The number of nitrogens with one attached hydrogen (secondary N) is 1. The lowest BCUT2D eigenvalue weighted by Crippen LogP contribution is -2.57. The summed E-state index contributed by atoms with van der Waals surface area (Å²) in [7, 11) is 1.93. The molecule has 0 amide bonds. The third-order valence-corrected chi connectivity index (χ3v) is 2.48. The van der Waals surface area contributed by atoms with Crippen LogP contribution in [0.25, 0.3) is 0 Å². The smallest absolute Gasteiger partial charge is 0.146 e. The first kappa shape index (κ1) is 8.51. The van der Waals surface area contributed by atoms with Gasteiger partial charge in [0.1, 0.15) is 5.82 Å². The number of halogens is 1. The van der Waals surface area contributed by atoms with Gasteiger partial charge in [-0.3, -0.25) is 0 Å². The van der Waals surface area contributed by atoms with Crippen LogP contribution in [0.4, 0.5) is 10.1 Å². The quantitative estimate of drug-likeness (QED) is 0.736. The van der Waals surface area contributed by atoms with Gasteiger partial charge in [0, 0.05) is 19.1 Å². The summed E-state index contributed by atoms with van der Waals surface area (Å²) in [4.78, 5) is 2.04. The fourth-order valence-electron chi connectivity index (χ4n) is 1.57. The average molecular weight is 180 g/mol. The van der Waals surface area contributed by atoms with Gasteiger partial charge in [-0.2, -0.15) is 0 Å². The van der Waals surface area contributed by atoms with Crippen molar-refractivity contribution in [3.63, 3.8) is 0 Å². The lowest BCUT2D eigenvalue weighted by molar-refractivity contribution is 0.443. The number of hydrogen-bond donors (Lipinski definition) is 1. The van der Waals surface area contributed by atoms with Gasteiger partial charge in [0.05, 0.1) is 5.69 Å². The van der Waals surface area contributed by atoms with Gasteiger partial charge in [-0.25, -0.2) is 4.39 Å². The predicted molar refractivity (Wildman–Crippen MR) is 51.5 cm³/mol. The Balaban J connectivity index is 2.07. The van der Waals surface area contributed by atoms with E-state index in [1.165, 1.54) is 6.07 Å². The molecule has 1 aromatic carbocycles. The Morgan fingerprint density at radius 1 is 1.38 bits per heavy atom. The van der Waals surface area contributed by atoms with Crippen molar-refractivity contribution in [1.29, 1.82) is 0 Å². The van der Waals surface area contributed by atoms with Crippen molar-refractivity contribution in [3.8, 4) is 0 Å². The molecule has 1 aliphatic heterocycles. The van der Waals surface area contributed by atoms with Crippen molar-refractivity contribution in [2.45, 2.75) is 6.04 Å². The standard InChI is InChI=1S/C10H13FN2/c1-12-8-6-13(7-8)10-5-3-2-4-9(10)11/h2-5,8,12H,6-7H2,1H3. The van der Waals surface area contributed by atoms with E-state index in [0.29, 0.717) is 11.7 Å². The van der Waals surface area contributed by atoms with Crippen LogP contribution in [0.1, 0.15) is 0 Å². The van der Waals surface area contributed by atoms with E-state index in [2.05, 4.69) is 5.32 Å². The molecule has 1 aliphatic rings. The summed E-state index contributed by atoms with van der Waals surface area (Å²) in [5.41, 5.74) is 0.717. The van der Waals surface area contributed by atoms with Crippen LogP contribution in [0.2, 0.25) is 0 Å². The van der Waals surface area contributed by atoms with Crippen LogP contribution in [0.3, 0.4) is 0 Å². The Bertz CT molecular complexity index is 295. The molecule has 3 heteroatoms. The number of anilines is 1. The summed E-state index contributed by atoms with van der Waals surface area (Å²) in [5, 5.41) is 3.16. The number of para-hydroxylation sites is 1. The third kappa shape index (κ3) is 1.52. The lowest BCUT2D eigenvalue weighted by atomic mass is 10.1. The molecule has 1 fully saturated rings. The van der Waals surface area contributed by atoms with Crippen molar-refractivity contribution in [1.82, 2.24) is 5.32 Å². The van der Waals surface area contributed by atoms with Gasteiger partial charge < -0.3 is 10.2 Å². The van der Waals surface area contributed by atoms with Crippen molar-refractivity contribution >= 4 is 5.69 Å². The summed E-state index contributed by atoms with van der Waals surface area (Å²) in [6, 6.07) is 7.42. The molecule has 1 saturated heterocycles. The number of nitrogens with zero attached hydrogens (tertiary/aromatic N) is 1. The van der Waals surface area contributed by atoms with Gasteiger partial charge >= 0.3 is 0 Å². The maximum Gasteiger partial charge on any atom is 0.146 e. The van der Waals surface area contributed by atoms with E-state index in [4.69, 9.17) is 0 Å². The van der Waals surface area contributed by atoms with Crippen molar-refractivity contribution in [3.05, 3.63) is 30.1 Å². The minimum absolute atomic E-state index is 0.128. The zero-order valence-electron chi connectivity index (χ0n) is 7.63. The molecule has 0 spiro atoms. The van der Waals surface area contributed by atoms with Crippen molar-refractivity contribution in [2.75, 3.05) is 25.0 Å². The second kappa shape index (κ2) is 3.34. The van der Waals surface area contributed by atoms with E-state index in [1.807, 2.05) is 24.1 Å². The van der Waals surface area contributed by atoms with Gasteiger partial charge in [0.25, 0.3) is 0 Å². The van der Waals surface area contributed by atoms with Crippen LogP contribution in [0, 0.1) is 5.82 Å². The van der Waals surface area contributed by atoms with Gasteiger partial charge in [0.15, 0.2) is 0 Å². The maximum absolute atomic E-state index is 13.2. The molecule has 13 heavy (non-hydrogen) atoms. The van der Waals surface area contributed by atoms with Crippen LogP contribution >= 0.6 is 0 Å².